The van der Waals surface area contributed by atoms with E-state index in [1.165, 1.54) is 5.56 Å². The van der Waals surface area contributed by atoms with Crippen molar-refractivity contribution in [3.8, 4) is 28.1 Å². The molecule has 8 rings (SSSR count). The highest BCUT2D eigenvalue weighted by atomic mass is 16.5. The summed E-state index contributed by atoms with van der Waals surface area (Å²) < 4.78 is 11.3. The molecule has 0 aliphatic carbocycles. The number of nitrogens with one attached hydrogen (secondary N) is 3. The minimum atomic E-state index is -0.405. The Balaban J connectivity index is 0.819. The van der Waals surface area contributed by atoms with E-state index in [0.29, 0.717) is 43.4 Å². The van der Waals surface area contributed by atoms with Gasteiger partial charge in [-0.25, -0.2) is 4.98 Å². The first kappa shape index (κ1) is 40.6. The Hall–Kier alpha value is -6.21. The third kappa shape index (κ3) is 9.01. The van der Waals surface area contributed by atoms with Gasteiger partial charge in [0.05, 0.1) is 18.2 Å². The van der Waals surface area contributed by atoms with Gasteiger partial charge >= 0.3 is 11.8 Å². The van der Waals surface area contributed by atoms with Crippen LogP contribution in [0.2, 0.25) is 0 Å². The molecule has 0 spiro atoms. The van der Waals surface area contributed by atoms with Gasteiger partial charge in [-0.15, -0.1) is 0 Å². The molecule has 0 saturated carbocycles. The maximum Gasteiger partial charge on any atom is 0.315 e. The molecule has 1 unspecified atom stereocenters. The van der Waals surface area contributed by atoms with Crippen LogP contribution in [-0.4, -0.2) is 74.2 Å². The lowest BCUT2D eigenvalue weighted by atomic mass is 9.88. The summed E-state index contributed by atoms with van der Waals surface area (Å²) in [5.41, 5.74) is 9.70. The highest BCUT2D eigenvalue weighted by Gasteiger charge is 2.29. The van der Waals surface area contributed by atoms with Crippen molar-refractivity contribution in [2.75, 3.05) is 26.2 Å². The summed E-state index contributed by atoms with van der Waals surface area (Å²) in [5.74, 6) is 0.685. The first-order chi connectivity index (χ1) is 28.9. The molecule has 2 aliphatic heterocycles. The van der Waals surface area contributed by atoms with Crippen molar-refractivity contribution >= 4 is 28.8 Å². The average Bonchev–Trinajstić information content (AvgIpc) is 3.92. The quantitative estimate of drug-likeness (QED) is 0.0824. The molecule has 0 radical (unpaired) electrons. The van der Waals surface area contributed by atoms with Crippen molar-refractivity contribution in [2.24, 2.45) is 0 Å². The monoisotopic (exact) mass is 808 g/mol. The summed E-state index contributed by atoms with van der Waals surface area (Å²) in [6.45, 7) is 14.0. The number of likely N-dealkylation sites (tertiary alicyclic amines) is 1. The maximum atomic E-state index is 12.7. The minimum absolute atomic E-state index is 0.0435. The predicted octanol–water partition coefficient (Wildman–Crippen LogP) is 7.69. The Bertz CT molecular complexity index is 2530. The molecule has 3 aromatic heterocycles. The van der Waals surface area contributed by atoms with Crippen LogP contribution in [0.1, 0.15) is 109 Å². The van der Waals surface area contributed by atoms with Gasteiger partial charge in [0.15, 0.2) is 11.5 Å². The van der Waals surface area contributed by atoms with Crippen LogP contribution < -0.4 is 15.4 Å². The van der Waals surface area contributed by atoms with E-state index in [1.807, 2.05) is 71.1 Å². The maximum absolute atomic E-state index is 12.7. The van der Waals surface area contributed by atoms with E-state index in [2.05, 4.69) is 77.3 Å². The molecule has 2 fully saturated rings. The molecule has 13 heteroatoms. The zero-order valence-electron chi connectivity index (χ0n) is 34.9. The number of aromatic nitrogens is 5. The Kier molecular flexibility index (Phi) is 11.6. The molecule has 60 heavy (non-hydrogen) atoms. The molecule has 1 atom stereocenters. The number of aryl methyl sites for hydroxylation is 2. The van der Waals surface area contributed by atoms with E-state index in [9.17, 15) is 14.4 Å². The third-order valence-electron chi connectivity index (χ3n) is 11.8. The number of carbonyl (C=O) groups is 3. The summed E-state index contributed by atoms with van der Waals surface area (Å²) in [7, 11) is 0. The van der Waals surface area contributed by atoms with E-state index >= 15 is 0 Å². The summed E-state index contributed by atoms with van der Waals surface area (Å²) in [5, 5.41) is 17.9. The van der Waals surface area contributed by atoms with Crippen molar-refractivity contribution in [3.63, 3.8) is 0 Å². The van der Waals surface area contributed by atoms with Gasteiger partial charge in [0.2, 0.25) is 11.8 Å². The topological polar surface area (TPSA) is 168 Å². The first-order valence-corrected chi connectivity index (χ1v) is 20.9. The summed E-state index contributed by atoms with van der Waals surface area (Å²) in [6, 6.07) is 23.1. The lowest BCUT2D eigenvalue weighted by Gasteiger charge is -2.32. The fraction of sp³-hybridized carbons (Fsp3) is 0.383. The van der Waals surface area contributed by atoms with Crippen LogP contribution >= 0.6 is 0 Å². The number of piperidine rings is 2. The largest absolute Gasteiger partial charge is 0.494 e. The zero-order chi connectivity index (χ0) is 42.0. The van der Waals surface area contributed by atoms with Crippen LogP contribution in [0.3, 0.4) is 0 Å². The third-order valence-corrected chi connectivity index (χ3v) is 11.8. The summed E-state index contributed by atoms with van der Waals surface area (Å²) in [4.78, 5) is 48.1. The van der Waals surface area contributed by atoms with Crippen LogP contribution in [0, 0.1) is 13.8 Å². The average molecular weight is 809 g/mol. The van der Waals surface area contributed by atoms with E-state index < -0.39 is 5.91 Å². The van der Waals surface area contributed by atoms with E-state index in [1.54, 1.807) is 0 Å². The van der Waals surface area contributed by atoms with Crippen molar-refractivity contribution in [2.45, 2.75) is 90.5 Å². The van der Waals surface area contributed by atoms with Crippen LogP contribution in [-0.2, 0) is 21.5 Å². The van der Waals surface area contributed by atoms with Gasteiger partial charge < -0.3 is 19.5 Å². The number of carbonyl (C=O) groups excluding carboxylic acids is 3. The molecule has 6 aromatic rings. The fourth-order valence-corrected chi connectivity index (χ4v) is 8.23. The number of benzene rings is 3. The summed E-state index contributed by atoms with van der Waals surface area (Å²) in [6.07, 6.45) is 5.98. The highest BCUT2D eigenvalue weighted by Crippen LogP contribution is 2.34. The van der Waals surface area contributed by atoms with Gasteiger partial charge in [-0.05, 0) is 116 Å². The molecule has 310 valence electrons. The summed E-state index contributed by atoms with van der Waals surface area (Å²) >= 11 is 0. The predicted molar refractivity (Wildman–Crippen MR) is 228 cm³/mol. The molecule has 3 amide bonds. The lowest BCUT2D eigenvalue weighted by Crippen LogP contribution is -2.39. The van der Waals surface area contributed by atoms with E-state index in [4.69, 9.17) is 9.26 Å². The Morgan fingerprint density at radius 3 is 2.43 bits per heavy atom. The molecule has 2 saturated heterocycles. The Labute approximate surface area is 349 Å². The number of imide groups is 1. The zero-order valence-corrected chi connectivity index (χ0v) is 34.9. The number of hydrogen-bond acceptors (Lipinski definition) is 10. The van der Waals surface area contributed by atoms with Crippen molar-refractivity contribution in [1.82, 2.24) is 40.9 Å². The van der Waals surface area contributed by atoms with Crippen LogP contribution in [0.25, 0.3) is 33.4 Å². The highest BCUT2D eigenvalue weighted by molar-refractivity contribution is 6.01. The second-order valence-corrected chi connectivity index (χ2v) is 17.2. The Morgan fingerprint density at radius 1 is 0.933 bits per heavy atom. The standard InChI is InChI=1S/C47H52N8O5/c1-28-23-33(11-12-34(28)26-49-44(58)45-51-46(54-60-45)47(3,4)5)41-39-25-35(27-48-42(39)53-52-41)31-9-7-30(8-10-31)32-17-20-55(21-18-32)19-6-22-59-36-13-14-37(29(2)24-36)38-15-16-40(56)50-43(38)57/h7-14,23-25,27,32,38H,6,15-22,26H2,1-5H3,(H,49,58)(H,48,52,53)(H,50,56,57). The first-order valence-electron chi connectivity index (χ1n) is 20.9. The van der Waals surface area contributed by atoms with Gasteiger partial charge in [-0.2, -0.15) is 10.1 Å². The Morgan fingerprint density at radius 2 is 1.72 bits per heavy atom. The molecular formula is C47H52N8O5. The number of fused-ring (bicyclic) bond motifs is 1. The van der Waals surface area contributed by atoms with Crippen molar-refractivity contribution < 1.29 is 23.6 Å². The molecule has 5 heterocycles. The minimum Gasteiger partial charge on any atom is -0.494 e. The number of rotatable bonds is 12. The molecular weight excluding hydrogens is 757 g/mol. The smallest absolute Gasteiger partial charge is 0.315 e. The lowest BCUT2D eigenvalue weighted by molar-refractivity contribution is -0.134. The van der Waals surface area contributed by atoms with Gasteiger partial charge in [-0.3, -0.25) is 24.8 Å². The fourth-order valence-electron chi connectivity index (χ4n) is 8.23. The van der Waals surface area contributed by atoms with Crippen LogP contribution in [0.4, 0.5) is 0 Å². The molecule has 3 N–H and O–H groups in total. The van der Waals surface area contributed by atoms with Crippen LogP contribution in [0.5, 0.6) is 5.75 Å². The second-order valence-electron chi connectivity index (χ2n) is 17.2. The number of H-pyrrole nitrogens is 1. The number of nitrogens with zero attached hydrogens (tertiary/aromatic N) is 5. The van der Waals surface area contributed by atoms with Gasteiger partial charge in [0.1, 0.15) is 5.75 Å². The number of hydrogen-bond donors (Lipinski definition) is 3. The van der Waals surface area contributed by atoms with Crippen LogP contribution in [0.15, 0.2) is 77.4 Å². The number of aromatic amines is 1. The van der Waals surface area contributed by atoms with Crippen molar-refractivity contribution in [3.05, 3.63) is 112 Å². The number of amides is 3. The SMILES string of the molecule is Cc1cc(-c2[nH]nc3ncc(-c4ccc(C5CCN(CCCOc6ccc(C7CCC(=O)NC7=O)c(C)c6)CC5)cc4)cc23)ccc1CNC(=O)c1nc(C(C)(C)C)no1. The number of ether oxygens (including phenoxy) is 1. The van der Waals surface area contributed by atoms with Gasteiger partial charge in [-0.1, -0.05) is 68.4 Å². The van der Waals surface area contributed by atoms with Gasteiger partial charge in [0.25, 0.3) is 0 Å². The molecule has 3 aromatic carbocycles. The van der Waals surface area contributed by atoms with E-state index in [0.717, 1.165) is 94.7 Å². The number of pyridine rings is 1. The molecule has 2 aliphatic rings. The molecule has 13 nitrogen and oxygen atoms in total. The normalized spacial score (nSPS) is 16.6. The second kappa shape index (κ2) is 17.2. The van der Waals surface area contributed by atoms with Gasteiger partial charge in [0, 0.05) is 47.6 Å². The van der Waals surface area contributed by atoms with E-state index in [-0.39, 0.29) is 29.0 Å². The van der Waals surface area contributed by atoms with Crippen molar-refractivity contribution in [1.29, 1.82) is 0 Å². The molecule has 0 bridgehead atoms.